The maximum Gasteiger partial charge on any atom is 0.272 e. The van der Waals surface area contributed by atoms with Crippen molar-refractivity contribution in [2.45, 2.75) is 25.4 Å². The molecule has 0 aliphatic carbocycles. The van der Waals surface area contributed by atoms with E-state index in [0.29, 0.717) is 18.2 Å². The van der Waals surface area contributed by atoms with Crippen molar-refractivity contribution in [1.82, 2.24) is 19.5 Å². The van der Waals surface area contributed by atoms with Gasteiger partial charge in [-0.3, -0.25) is 14.8 Å². The largest absolute Gasteiger partial charge is 0.370 e. The minimum absolute atomic E-state index is 0.0621. The third kappa shape index (κ3) is 3.30. The number of nitrogens with zero attached hydrogens (tertiary/aromatic N) is 4. The highest BCUT2D eigenvalue weighted by Gasteiger charge is 2.23. The molecule has 0 spiro atoms. The Morgan fingerprint density at radius 1 is 1.28 bits per heavy atom. The summed E-state index contributed by atoms with van der Waals surface area (Å²) in [5.74, 6) is 0. The van der Waals surface area contributed by atoms with E-state index >= 15 is 0 Å². The Morgan fingerprint density at radius 3 is 2.96 bits per heavy atom. The fourth-order valence-electron chi connectivity index (χ4n) is 3.63. The second kappa shape index (κ2) is 6.72. The molecule has 1 aliphatic heterocycles. The van der Waals surface area contributed by atoms with Crippen LogP contribution in [0.25, 0.3) is 5.65 Å². The minimum atomic E-state index is -0.0621. The molecule has 4 rings (SSSR count). The van der Waals surface area contributed by atoms with Crippen LogP contribution in [0.4, 0.5) is 5.69 Å². The number of nitrogens with one attached hydrogen (secondary N) is 1. The van der Waals surface area contributed by atoms with Crippen LogP contribution in [0.5, 0.6) is 0 Å². The molecule has 0 bridgehead atoms. The van der Waals surface area contributed by atoms with Crippen molar-refractivity contribution in [2.24, 2.45) is 0 Å². The lowest BCUT2D eigenvalue weighted by Gasteiger charge is -2.38. The summed E-state index contributed by atoms with van der Waals surface area (Å²) in [5.41, 5.74) is 2.72. The summed E-state index contributed by atoms with van der Waals surface area (Å²) in [6.07, 6.45) is 4.08. The van der Waals surface area contributed by atoms with E-state index in [1.54, 1.807) is 12.3 Å². The first-order valence-corrected chi connectivity index (χ1v) is 8.77. The zero-order valence-corrected chi connectivity index (χ0v) is 14.4. The van der Waals surface area contributed by atoms with E-state index in [9.17, 15) is 4.79 Å². The molecular formula is C19H23N5O. The molecule has 2 aromatic heterocycles. The second-order valence-electron chi connectivity index (χ2n) is 6.73. The predicted octanol–water partition coefficient (Wildman–Crippen LogP) is 2.12. The number of benzene rings is 1. The van der Waals surface area contributed by atoms with Crippen molar-refractivity contribution in [3.05, 3.63) is 64.7 Å². The third-order valence-corrected chi connectivity index (χ3v) is 4.99. The summed E-state index contributed by atoms with van der Waals surface area (Å²) >= 11 is 0. The van der Waals surface area contributed by atoms with Gasteiger partial charge in [0.1, 0.15) is 0 Å². The Balaban J connectivity index is 1.48. The molecule has 1 aromatic carbocycles. The summed E-state index contributed by atoms with van der Waals surface area (Å²) in [6.45, 7) is 2.79. The summed E-state index contributed by atoms with van der Waals surface area (Å²) < 4.78 is 1.46. The molecule has 1 N–H and O–H groups in total. The van der Waals surface area contributed by atoms with Gasteiger partial charge < -0.3 is 4.90 Å². The molecule has 1 atom stereocenters. The molecular weight excluding hydrogens is 314 g/mol. The first-order valence-electron chi connectivity index (χ1n) is 8.77. The van der Waals surface area contributed by atoms with E-state index in [1.165, 1.54) is 23.0 Å². The van der Waals surface area contributed by atoms with E-state index in [4.69, 9.17) is 0 Å². The summed E-state index contributed by atoms with van der Waals surface area (Å²) in [7, 11) is 2.12. The highest BCUT2D eigenvalue weighted by atomic mass is 16.1. The number of likely N-dealkylation sites (N-methyl/N-ethyl adjacent to an activating group) is 1. The number of anilines is 1. The number of aromatic nitrogens is 3. The van der Waals surface area contributed by atoms with E-state index in [1.807, 2.05) is 6.07 Å². The van der Waals surface area contributed by atoms with Gasteiger partial charge in [0.05, 0.1) is 5.69 Å². The zero-order valence-electron chi connectivity index (χ0n) is 14.4. The molecule has 3 heterocycles. The number of hydrogen-bond donors (Lipinski definition) is 1. The molecule has 6 nitrogen and oxygen atoms in total. The Labute approximate surface area is 146 Å². The molecule has 0 unspecified atom stereocenters. The average molecular weight is 337 g/mol. The van der Waals surface area contributed by atoms with E-state index in [2.05, 4.69) is 57.3 Å². The van der Waals surface area contributed by atoms with Crippen LogP contribution >= 0.6 is 0 Å². The highest BCUT2D eigenvalue weighted by molar-refractivity contribution is 5.46. The van der Waals surface area contributed by atoms with E-state index < -0.39 is 0 Å². The van der Waals surface area contributed by atoms with Crippen molar-refractivity contribution in [1.29, 1.82) is 0 Å². The molecule has 0 amide bonds. The highest BCUT2D eigenvalue weighted by Crippen LogP contribution is 2.22. The van der Waals surface area contributed by atoms with Crippen LogP contribution in [0.15, 0.2) is 53.5 Å². The minimum Gasteiger partial charge on any atom is -0.370 e. The summed E-state index contributed by atoms with van der Waals surface area (Å²) in [6, 6.07) is 14.5. The number of aromatic amines is 1. The lowest BCUT2D eigenvalue weighted by molar-refractivity contribution is 0.205. The molecule has 6 heteroatoms. The number of rotatable bonds is 4. The van der Waals surface area contributed by atoms with E-state index in [-0.39, 0.29) is 5.56 Å². The summed E-state index contributed by atoms with van der Waals surface area (Å²) in [4.78, 5) is 21.5. The van der Waals surface area contributed by atoms with Gasteiger partial charge in [0.25, 0.3) is 5.56 Å². The molecule has 1 saturated heterocycles. The van der Waals surface area contributed by atoms with Gasteiger partial charge in [-0.1, -0.05) is 18.2 Å². The molecule has 0 radical (unpaired) electrons. The number of H-pyrrole nitrogens is 1. The molecule has 1 fully saturated rings. The molecule has 25 heavy (non-hydrogen) atoms. The quantitative estimate of drug-likeness (QED) is 0.792. The topological polar surface area (TPSA) is 56.6 Å². The molecule has 0 saturated carbocycles. The Kier molecular flexibility index (Phi) is 4.28. The summed E-state index contributed by atoms with van der Waals surface area (Å²) in [5, 5.41) is 2.88. The van der Waals surface area contributed by atoms with Gasteiger partial charge >= 0.3 is 0 Å². The molecule has 130 valence electrons. The van der Waals surface area contributed by atoms with Crippen LogP contribution in [0, 0.1) is 0 Å². The van der Waals surface area contributed by atoms with Gasteiger partial charge in [-0.25, -0.2) is 9.50 Å². The molecule has 3 aromatic rings. The Bertz CT molecular complexity index is 901. The van der Waals surface area contributed by atoms with Crippen LogP contribution in [0.1, 0.15) is 18.5 Å². The normalized spacial score (nSPS) is 18.2. The maximum atomic E-state index is 12.1. The fraction of sp³-hybridized carbons (Fsp3) is 0.368. The Hall–Kier alpha value is -2.60. The van der Waals surface area contributed by atoms with Gasteiger partial charge in [-0.2, -0.15) is 0 Å². The predicted molar refractivity (Wildman–Crippen MR) is 99.0 cm³/mol. The van der Waals surface area contributed by atoms with Crippen LogP contribution < -0.4 is 10.5 Å². The van der Waals surface area contributed by atoms with Crippen LogP contribution in [0.3, 0.4) is 0 Å². The standard InChI is InChI=1S/C19H23N5O/c1-22(13-15-12-19(25)24-18(21-15)9-10-20-24)17-8-5-11-23(14-17)16-6-3-2-4-7-16/h2-4,6-7,9-10,12,17,20H,5,8,11,13-14H2,1H3/t17-/m1/s1. The van der Waals surface area contributed by atoms with Crippen molar-refractivity contribution in [2.75, 3.05) is 25.0 Å². The smallest absolute Gasteiger partial charge is 0.272 e. The average Bonchev–Trinajstić information content (AvgIpc) is 3.12. The maximum absolute atomic E-state index is 12.1. The number of para-hydroxylation sites is 1. The SMILES string of the molecule is CN(Cc1cc(=O)n2[nH]ccc2n1)[C@@H]1CCCN(c2ccccc2)C1. The van der Waals surface area contributed by atoms with Gasteiger partial charge in [-0.05, 0) is 32.0 Å². The zero-order chi connectivity index (χ0) is 17.2. The Morgan fingerprint density at radius 2 is 2.12 bits per heavy atom. The van der Waals surface area contributed by atoms with Crippen molar-refractivity contribution < 1.29 is 0 Å². The van der Waals surface area contributed by atoms with Gasteiger partial charge in [-0.15, -0.1) is 0 Å². The lowest BCUT2D eigenvalue weighted by atomic mass is 10.0. The van der Waals surface area contributed by atoms with Gasteiger partial charge in [0, 0.05) is 49.7 Å². The fourth-order valence-corrected chi connectivity index (χ4v) is 3.63. The third-order valence-electron chi connectivity index (χ3n) is 4.99. The number of hydrogen-bond acceptors (Lipinski definition) is 4. The van der Waals surface area contributed by atoms with Gasteiger partial charge in [0.2, 0.25) is 0 Å². The van der Waals surface area contributed by atoms with Crippen LogP contribution in [-0.4, -0.2) is 45.7 Å². The van der Waals surface area contributed by atoms with Gasteiger partial charge in [0.15, 0.2) is 5.65 Å². The van der Waals surface area contributed by atoms with Crippen molar-refractivity contribution in [3.8, 4) is 0 Å². The van der Waals surface area contributed by atoms with Crippen LogP contribution in [0.2, 0.25) is 0 Å². The monoisotopic (exact) mass is 337 g/mol. The first-order chi connectivity index (χ1) is 12.2. The number of piperidine rings is 1. The van der Waals surface area contributed by atoms with Crippen molar-refractivity contribution >= 4 is 11.3 Å². The first kappa shape index (κ1) is 15.9. The second-order valence-corrected chi connectivity index (χ2v) is 6.73. The van der Waals surface area contributed by atoms with Crippen molar-refractivity contribution in [3.63, 3.8) is 0 Å². The number of fused-ring (bicyclic) bond motifs is 1. The van der Waals surface area contributed by atoms with E-state index in [0.717, 1.165) is 18.8 Å². The molecule has 1 aliphatic rings. The van der Waals surface area contributed by atoms with Crippen LogP contribution in [-0.2, 0) is 6.54 Å². The lowest BCUT2D eigenvalue weighted by Crippen LogP contribution is -2.46.